The molecule has 1 heteroatoms. The third-order valence-corrected chi connectivity index (χ3v) is 4.58. The minimum absolute atomic E-state index is 0.542. The normalized spacial score (nSPS) is 27.4. The highest BCUT2D eigenvalue weighted by Gasteiger charge is 2.50. The van der Waals surface area contributed by atoms with Crippen LogP contribution in [0.25, 0.3) is 0 Å². The van der Waals surface area contributed by atoms with Gasteiger partial charge in [0.15, 0.2) is 0 Å². The highest BCUT2D eigenvalue weighted by molar-refractivity contribution is 6.30. The molecule has 0 aliphatic heterocycles. The molecule has 0 nitrogen and oxygen atoms in total. The van der Waals surface area contributed by atoms with Crippen LogP contribution in [0.2, 0.25) is 5.02 Å². The Morgan fingerprint density at radius 2 is 2.00 bits per heavy atom. The Morgan fingerprint density at radius 3 is 2.71 bits per heavy atom. The summed E-state index contributed by atoms with van der Waals surface area (Å²) in [5.41, 5.74) is 3.63. The Labute approximate surface area is 90.3 Å². The van der Waals surface area contributed by atoms with E-state index in [1.165, 1.54) is 31.2 Å². The summed E-state index contributed by atoms with van der Waals surface area (Å²) in [5.74, 6) is 0.735. The monoisotopic (exact) mass is 206 g/mol. The second-order valence-electron chi connectivity index (χ2n) is 4.82. The lowest BCUT2D eigenvalue weighted by Gasteiger charge is -2.48. The van der Waals surface area contributed by atoms with Gasteiger partial charge in [0.1, 0.15) is 0 Å². The molecule has 1 spiro atoms. The van der Waals surface area contributed by atoms with Crippen molar-refractivity contribution < 1.29 is 0 Å². The molecule has 1 saturated carbocycles. The van der Waals surface area contributed by atoms with E-state index in [1.807, 2.05) is 6.07 Å². The first-order valence-corrected chi connectivity index (χ1v) is 5.92. The van der Waals surface area contributed by atoms with E-state index in [2.05, 4.69) is 19.1 Å². The Kier molecular flexibility index (Phi) is 1.73. The summed E-state index contributed by atoms with van der Waals surface area (Å²) in [5, 5.41) is 0.892. The van der Waals surface area contributed by atoms with Crippen LogP contribution in [-0.4, -0.2) is 0 Å². The molecule has 1 fully saturated rings. The highest BCUT2D eigenvalue weighted by atomic mass is 35.5. The largest absolute Gasteiger partial charge is 0.0843 e. The van der Waals surface area contributed by atoms with Crippen molar-refractivity contribution in [1.82, 2.24) is 0 Å². The zero-order valence-electron chi connectivity index (χ0n) is 8.52. The maximum atomic E-state index is 6.01. The average Bonchev–Trinajstić information content (AvgIpc) is 2.68. The van der Waals surface area contributed by atoms with Gasteiger partial charge in [-0.3, -0.25) is 0 Å². The van der Waals surface area contributed by atoms with Crippen LogP contribution in [0.15, 0.2) is 18.2 Å². The molecule has 1 aromatic rings. The maximum Gasteiger partial charge on any atom is 0.0409 e. The number of halogens is 1. The van der Waals surface area contributed by atoms with E-state index in [-0.39, 0.29) is 0 Å². The Balaban J connectivity index is 2.10. The van der Waals surface area contributed by atoms with Gasteiger partial charge in [-0.1, -0.05) is 37.4 Å². The van der Waals surface area contributed by atoms with E-state index < -0.39 is 0 Å². The fourth-order valence-corrected chi connectivity index (χ4v) is 3.69. The molecule has 0 radical (unpaired) electrons. The molecule has 1 unspecified atom stereocenters. The van der Waals surface area contributed by atoms with Crippen LogP contribution in [-0.2, 0) is 5.41 Å². The number of hydrogen-bond acceptors (Lipinski definition) is 0. The summed E-state index contributed by atoms with van der Waals surface area (Å²) in [7, 11) is 0. The van der Waals surface area contributed by atoms with Crippen molar-refractivity contribution in [2.24, 2.45) is 0 Å². The molecule has 74 valence electrons. The van der Waals surface area contributed by atoms with Crippen LogP contribution in [0.3, 0.4) is 0 Å². The molecule has 2 aliphatic rings. The molecule has 0 saturated heterocycles. The van der Waals surface area contributed by atoms with Gasteiger partial charge in [-0.15, -0.1) is 0 Å². The third kappa shape index (κ3) is 0.904. The predicted octanol–water partition coefficient (Wildman–Crippen LogP) is 4.27. The molecule has 0 heterocycles. The van der Waals surface area contributed by atoms with Gasteiger partial charge in [-0.2, -0.15) is 0 Å². The summed E-state index contributed by atoms with van der Waals surface area (Å²) in [6.45, 7) is 2.37. The van der Waals surface area contributed by atoms with Crippen LogP contribution in [0.1, 0.15) is 49.7 Å². The molecule has 1 aromatic carbocycles. The lowest BCUT2D eigenvalue weighted by atomic mass is 9.56. The highest BCUT2D eigenvalue weighted by Crippen LogP contribution is 2.60. The van der Waals surface area contributed by atoms with E-state index >= 15 is 0 Å². The summed E-state index contributed by atoms with van der Waals surface area (Å²) < 4.78 is 0. The van der Waals surface area contributed by atoms with Crippen LogP contribution in [0.4, 0.5) is 0 Å². The standard InChI is InChI=1S/C13H15Cl/c1-9-11-8-10(14)4-5-12(11)13(9)6-2-3-7-13/h4-5,8-9H,2-3,6-7H2,1H3. The van der Waals surface area contributed by atoms with Gasteiger partial charge in [0, 0.05) is 10.4 Å². The van der Waals surface area contributed by atoms with E-state index in [1.54, 1.807) is 5.56 Å². The quantitative estimate of drug-likeness (QED) is 0.595. The van der Waals surface area contributed by atoms with Gasteiger partial charge in [0.25, 0.3) is 0 Å². The molecule has 1 atom stereocenters. The number of hydrogen-bond donors (Lipinski definition) is 0. The van der Waals surface area contributed by atoms with Crippen molar-refractivity contribution in [3.8, 4) is 0 Å². The summed E-state index contributed by atoms with van der Waals surface area (Å²) >= 11 is 6.01. The number of rotatable bonds is 0. The number of benzene rings is 1. The minimum Gasteiger partial charge on any atom is -0.0843 e. The van der Waals surface area contributed by atoms with Crippen molar-refractivity contribution >= 4 is 11.6 Å². The third-order valence-electron chi connectivity index (χ3n) is 4.34. The van der Waals surface area contributed by atoms with Crippen molar-refractivity contribution in [3.63, 3.8) is 0 Å². The maximum absolute atomic E-state index is 6.01. The fourth-order valence-electron chi connectivity index (χ4n) is 3.51. The second-order valence-corrected chi connectivity index (χ2v) is 5.25. The van der Waals surface area contributed by atoms with Crippen LogP contribution in [0, 0.1) is 0 Å². The molecule has 0 bridgehead atoms. The van der Waals surface area contributed by atoms with Crippen molar-refractivity contribution in [3.05, 3.63) is 34.3 Å². The fraction of sp³-hybridized carbons (Fsp3) is 0.538. The summed E-state index contributed by atoms with van der Waals surface area (Å²) in [6.07, 6.45) is 5.60. The van der Waals surface area contributed by atoms with Gasteiger partial charge in [0.2, 0.25) is 0 Å². The molecule has 0 N–H and O–H groups in total. The second kappa shape index (κ2) is 2.76. The zero-order chi connectivity index (χ0) is 9.76. The average molecular weight is 207 g/mol. The van der Waals surface area contributed by atoms with Gasteiger partial charge in [-0.25, -0.2) is 0 Å². The smallest absolute Gasteiger partial charge is 0.0409 e. The minimum atomic E-state index is 0.542. The van der Waals surface area contributed by atoms with Crippen molar-refractivity contribution in [2.75, 3.05) is 0 Å². The lowest BCUT2D eigenvalue weighted by Crippen LogP contribution is -2.39. The number of fused-ring (bicyclic) bond motifs is 2. The molecule has 14 heavy (non-hydrogen) atoms. The zero-order valence-corrected chi connectivity index (χ0v) is 9.27. The van der Waals surface area contributed by atoms with Crippen LogP contribution < -0.4 is 0 Å². The lowest BCUT2D eigenvalue weighted by molar-refractivity contribution is 0.311. The topological polar surface area (TPSA) is 0 Å². The van der Waals surface area contributed by atoms with Crippen LogP contribution in [0.5, 0.6) is 0 Å². The SMILES string of the molecule is CC1c2cc(Cl)ccc2C12CCCC2. The molecular formula is C13H15Cl. The van der Waals surface area contributed by atoms with E-state index in [4.69, 9.17) is 11.6 Å². The predicted molar refractivity (Wildman–Crippen MR) is 60.0 cm³/mol. The van der Waals surface area contributed by atoms with Crippen molar-refractivity contribution in [1.29, 1.82) is 0 Å². The summed E-state index contributed by atoms with van der Waals surface area (Å²) in [6, 6.07) is 6.46. The van der Waals surface area contributed by atoms with E-state index in [9.17, 15) is 0 Å². The Morgan fingerprint density at radius 1 is 1.29 bits per heavy atom. The van der Waals surface area contributed by atoms with Gasteiger partial charge in [-0.05, 0) is 42.0 Å². The van der Waals surface area contributed by atoms with E-state index in [0.717, 1.165) is 10.9 Å². The molecule has 0 amide bonds. The van der Waals surface area contributed by atoms with Crippen LogP contribution >= 0.6 is 11.6 Å². The summed E-state index contributed by atoms with van der Waals surface area (Å²) in [4.78, 5) is 0. The first kappa shape index (κ1) is 8.79. The van der Waals surface area contributed by atoms with Gasteiger partial charge < -0.3 is 0 Å². The van der Waals surface area contributed by atoms with E-state index in [0.29, 0.717) is 5.41 Å². The van der Waals surface area contributed by atoms with Gasteiger partial charge >= 0.3 is 0 Å². The van der Waals surface area contributed by atoms with Gasteiger partial charge in [0.05, 0.1) is 0 Å². The molecule has 3 rings (SSSR count). The first-order chi connectivity index (χ1) is 6.74. The molecule has 0 aromatic heterocycles. The molecular weight excluding hydrogens is 192 g/mol. The Hall–Kier alpha value is -0.490. The van der Waals surface area contributed by atoms with Crippen molar-refractivity contribution in [2.45, 2.75) is 43.9 Å². The Bertz CT molecular complexity index is 375. The first-order valence-electron chi connectivity index (χ1n) is 5.54. The molecule has 2 aliphatic carbocycles.